The van der Waals surface area contributed by atoms with E-state index in [4.69, 9.17) is 10.2 Å². The van der Waals surface area contributed by atoms with Crippen LogP contribution in [0.5, 0.6) is 0 Å². The van der Waals surface area contributed by atoms with Crippen LogP contribution in [0.25, 0.3) is 0 Å². The summed E-state index contributed by atoms with van der Waals surface area (Å²) in [6.45, 7) is 4.20. The summed E-state index contributed by atoms with van der Waals surface area (Å²) in [6, 6.07) is 1.88. The largest absolute Gasteiger partial charge is 0.395 e. The zero-order chi connectivity index (χ0) is 15.0. The van der Waals surface area contributed by atoms with E-state index in [2.05, 4.69) is 11.8 Å². The van der Waals surface area contributed by atoms with Crippen LogP contribution in [-0.2, 0) is 0 Å². The topological polar surface area (TPSA) is 60.8 Å². The van der Waals surface area contributed by atoms with Crippen LogP contribution in [0.4, 0.5) is 0 Å². The summed E-state index contributed by atoms with van der Waals surface area (Å²) in [5, 5.41) is 19.6. The van der Waals surface area contributed by atoms with E-state index in [9.17, 15) is 4.79 Å². The highest BCUT2D eigenvalue weighted by atomic mass is 32.1. The Morgan fingerprint density at radius 3 is 2.65 bits per heavy atom. The molecule has 0 unspecified atom stereocenters. The number of hydrogen-bond acceptors (Lipinski definition) is 4. The number of aliphatic hydroxyl groups is 2. The molecule has 1 heterocycles. The molecule has 0 saturated heterocycles. The van der Waals surface area contributed by atoms with Gasteiger partial charge in [-0.3, -0.25) is 4.79 Å². The average molecular weight is 295 g/mol. The van der Waals surface area contributed by atoms with Crippen LogP contribution < -0.4 is 0 Å². The van der Waals surface area contributed by atoms with Crippen LogP contribution in [0, 0.1) is 11.8 Å². The van der Waals surface area contributed by atoms with Gasteiger partial charge in [0, 0.05) is 18.0 Å². The van der Waals surface area contributed by atoms with Gasteiger partial charge < -0.3 is 15.1 Å². The van der Waals surface area contributed by atoms with E-state index in [1.807, 2.05) is 13.8 Å². The highest BCUT2D eigenvalue weighted by Gasteiger charge is 2.22. The smallest absolute Gasteiger partial charge is 0.255 e. The molecule has 110 valence electrons. The highest BCUT2D eigenvalue weighted by Crippen LogP contribution is 2.18. The van der Waals surface area contributed by atoms with Crippen LogP contribution in [0.15, 0.2) is 11.4 Å². The standard InChI is InChI=1S/C15H21NO3S/c1-3-13(4-2)16(7-9-18)15(19)12-10-14(20-11-12)6-5-8-17/h10-11,13,17-18H,3-4,7-9H2,1-2H3. The molecule has 2 N–H and O–H groups in total. The lowest BCUT2D eigenvalue weighted by Crippen LogP contribution is -2.41. The highest BCUT2D eigenvalue weighted by molar-refractivity contribution is 7.10. The molecular formula is C15H21NO3S. The van der Waals surface area contributed by atoms with Crippen molar-refractivity contribution in [2.24, 2.45) is 0 Å². The van der Waals surface area contributed by atoms with Crippen molar-refractivity contribution < 1.29 is 15.0 Å². The van der Waals surface area contributed by atoms with E-state index in [0.717, 1.165) is 17.7 Å². The Labute approximate surface area is 124 Å². The number of amides is 1. The number of carbonyl (C=O) groups excluding carboxylic acids is 1. The lowest BCUT2D eigenvalue weighted by Gasteiger charge is -2.29. The summed E-state index contributed by atoms with van der Waals surface area (Å²) in [7, 11) is 0. The SMILES string of the molecule is CCC(CC)N(CCO)C(=O)c1csc(C#CCO)c1. The molecule has 0 fully saturated rings. The molecule has 1 aromatic rings. The Morgan fingerprint density at radius 2 is 2.10 bits per heavy atom. The Hall–Kier alpha value is -1.35. The third kappa shape index (κ3) is 4.34. The molecule has 0 bridgehead atoms. The zero-order valence-corrected chi connectivity index (χ0v) is 12.7. The third-order valence-corrected chi connectivity index (χ3v) is 3.97. The minimum atomic E-state index is -0.189. The number of aliphatic hydroxyl groups excluding tert-OH is 2. The lowest BCUT2D eigenvalue weighted by atomic mass is 10.1. The Morgan fingerprint density at radius 1 is 1.40 bits per heavy atom. The fraction of sp³-hybridized carbons (Fsp3) is 0.533. The summed E-state index contributed by atoms with van der Waals surface area (Å²) in [5.41, 5.74) is 0.595. The van der Waals surface area contributed by atoms with Crippen molar-refractivity contribution in [3.05, 3.63) is 21.9 Å². The van der Waals surface area contributed by atoms with E-state index < -0.39 is 0 Å². The van der Waals surface area contributed by atoms with Gasteiger partial charge in [0.15, 0.2) is 0 Å². The van der Waals surface area contributed by atoms with Gasteiger partial charge in [-0.1, -0.05) is 25.7 Å². The third-order valence-electron chi connectivity index (χ3n) is 3.12. The number of thiophene rings is 1. The van der Waals surface area contributed by atoms with Gasteiger partial charge in [0.05, 0.1) is 17.0 Å². The molecular weight excluding hydrogens is 274 g/mol. The van der Waals surface area contributed by atoms with Crippen molar-refractivity contribution in [1.29, 1.82) is 0 Å². The van der Waals surface area contributed by atoms with Gasteiger partial charge in [-0.2, -0.15) is 0 Å². The fourth-order valence-electron chi connectivity index (χ4n) is 2.09. The first-order chi connectivity index (χ1) is 9.67. The quantitative estimate of drug-likeness (QED) is 0.786. The van der Waals surface area contributed by atoms with Gasteiger partial charge in [0.25, 0.3) is 5.91 Å². The van der Waals surface area contributed by atoms with Gasteiger partial charge in [-0.15, -0.1) is 11.3 Å². The summed E-state index contributed by atoms with van der Waals surface area (Å²) < 4.78 is 0. The first kappa shape index (κ1) is 16.7. The van der Waals surface area contributed by atoms with E-state index >= 15 is 0 Å². The molecule has 1 aromatic heterocycles. The second-order valence-electron chi connectivity index (χ2n) is 4.35. The molecule has 0 aliphatic heterocycles. The summed E-state index contributed by atoms with van der Waals surface area (Å²) in [4.78, 5) is 15.0. The molecule has 0 radical (unpaired) electrons. The molecule has 0 saturated carbocycles. The molecule has 0 aliphatic rings. The van der Waals surface area contributed by atoms with Gasteiger partial charge >= 0.3 is 0 Å². The van der Waals surface area contributed by atoms with Gasteiger partial charge in [0.1, 0.15) is 6.61 Å². The molecule has 0 atom stereocenters. The van der Waals surface area contributed by atoms with Crippen molar-refractivity contribution >= 4 is 17.2 Å². The fourth-order valence-corrected chi connectivity index (χ4v) is 2.84. The van der Waals surface area contributed by atoms with Gasteiger partial charge in [-0.25, -0.2) is 0 Å². The molecule has 20 heavy (non-hydrogen) atoms. The van der Waals surface area contributed by atoms with Crippen LogP contribution in [-0.4, -0.2) is 46.8 Å². The van der Waals surface area contributed by atoms with Crippen molar-refractivity contribution in [3.8, 4) is 11.8 Å². The van der Waals surface area contributed by atoms with Gasteiger partial charge in [0.2, 0.25) is 0 Å². The predicted octanol–water partition coefficient (Wildman–Crippen LogP) is 1.72. The van der Waals surface area contributed by atoms with Crippen molar-refractivity contribution in [1.82, 2.24) is 4.90 Å². The average Bonchev–Trinajstić information content (AvgIpc) is 2.93. The maximum atomic E-state index is 12.5. The maximum absolute atomic E-state index is 12.5. The second-order valence-corrected chi connectivity index (χ2v) is 5.26. The zero-order valence-electron chi connectivity index (χ0n) is 11.9. The van der Waals surface area contributed by atoms with E-state index in [1.54, 1.807) is 16.3 Å². The van der Waals surface area contributed by atoms with Crippen LogP contribution >= 0.6 is 11.3 Å². The van der Waals surface area contributed by atoms with Crippen molar-refractivity contribution in [2.75, 3.05) is 19.8 Å². The van der Waals surface area contributed by atoms with Crippen LogP contribution in [0.3, 0.4) is 0 Å². The van der Waals surface area contributed by atoms with E-state index in [-0.39, 0.29) is 25.2 Å². The summed E-state index contributed by atoms with van der Waals surface area (Å²) >= 11 is 1.39. The lowest BCUT2D eigenvalue weighted by molar-refractivity contribution is 0.0623. The molecule has 5 heteroatoms. The minimum absolute atomic E-state index is 0.0381. The van der Waals surface area contributed by atoms with E-state index in [0.29, 0.717) is 12.1 Å². The Balaban J connectivity index is 2.91. The second kappa shape index (κ2) is 8.75. The monoisotopic (exact) mass is 295 g/mol. The molecule has 1 rings (SSSR count). The molecule has 0 spiro atoms. The van der Waals surface area contributed by atoms with Crippen molar-refractivity contribution in [3.63, 3.8) is 0 Å². The Bertz CT molecular complexity index is 483. The molecule has 1 amide bonds. The van der Waals surface area contributed by atoms with Crippen LogP contribution in [0.1, 0.15) is 41.9 Å². The van der Waals surface area contributed by atoms with Gasteiger partial charge in [-0.05, 0) is 18.9 Å². The summed E-state index contributed by atoms with van der Waals surface area (Å²) in [5.74, 6) is 5.29. The molecule has 4 nitrogen and oxygen atoms in total. The maximum Gasteiger partial charge on any atom is 0.255 e. The minimum Gasteiger partial charge on any atom is -0.395 e. The number of rotatable bonds is 6. The van der Waals surface area contributed by atoms with Crippen molar-refractivity contribution in [2.45, 2.75) is 32.7 Å². The normalized spacial score (nSPS) is 10.2. The molecule has 0 aromatic carbocycles. The summed E-state index contributed by atoms with van der Waals surface area (Å²) in [6.07, 6.45) is 1.73. The first-order valence-corrected chi connectivity index (χ1v) is 7.65. The molecule has 0 aliphatic carbocycles. The number of nitrogens with zero attached hydrogens (tertiary/aromatic N) is 1. The van der Waals surface area contributed by atoms with Crippen LogP contribution in [0.2, 0.25) is 0 Å². The van der Waals surface area contributed by atoms with E-state index in [1.165, 1.54) is 11.3 Å². The number of carbonyl (C=O) groups is 1. The first-order valence-electron chi connectivity index (χ1n) is 6.77. The Kier molecular flexibility index (Phi) is 7.31. The predicted molar refractivity (Wildman–Crippen MR) is 80.8 cm³/mol. The number of hydrogen-bond donors (Lipinski definition) is 2.